The Kier molecular flexibility index (Phi) is 7.02. The Bertz CT molecular complexity index is 975. The van der Waals surface area contributed by atoms with Gasteiger partial charge in [0.25, 0.3) is 0 Å². The van der Waals surface area contributed by atoms with E-state index in [0.29, 0.717) is 0 Å². The quantitative estimate of drug-likeness (QED) is 0.672. The van der Waals surface area contributed by atoms with E-state index in [0.717, 1.165) is 18.2 Å². The molecule has 1 atom stereocenters. The highest BCUT2D eigenvalue weighted by molar-refractivity contribution is 7.91. The van der Waals surface area contributed by atoms with Crippen LogP contribution in [0.25, 0.3) is 0 Å². The highest BCUT2D eigenvalue weighted by Crippen LogP contribution is 2.29. The molecule has 0 saturated heterocycles. The van der Waals surface area contributed by atoms with E-state index in [1.165, 1.54) is 30.3 Å². The number of halogens is 3. The van der Waals surface area contributed by atoms with E-state index < -0.39 is 51.7 Å². The molecule has 10 heteroatoms. The van der Waals surface area contributed by atoms with Crippen molar-refractivity contribution in [3.05, 3.63) is 65.7 Å². The van der Waals surface area contributed by atoms with Gasteiger partial charge in [0.15, 0.2) is 9.84 Å². The predicted molar refractivity (Wildman–Crippen MR) is 97.8 cm³/mol. The van der Waals surface area contributed by atoms with Gasteiger partial charge in [-0.05, 0) is 30.2 Å². The van der Waals surface area contributed by atoms with Gasteiger partial charge < -0.3 is 10.4 Å². The molecule has 0 spiro atoms. The summed E-state index contributed by atoms with van der Waals surface area (Å²) in [6, 6.07) is 10.0. The number of hydrogen-bond acceptors (Lipinski definition) is 4. The average Bonchev–Trinajstić information content (AvgIpc) is 2.65. The molecule has 29 heavy (non-hydrogen) atoms. The van der Waals surface area contributed by atoms with Crippen molar-refractivity contribution in [1.82, 2.24) is 5.32 Å². The van der Waals surface area contributed by atoms with Gasteiger partial charge in [-0.1, -0.05) is 36.4 Å². The normalized spacial score (nSPS) is 12.9. The lowest BCUT2D eigenvalue weighted by atomic mass is 10.1. The van der Waals surface area contributed by atoms with Crippen molar-refractivity contribution < 1.29 is 36.3 Å². The molecule has 0 aliphatic carbocycles. The van der Waals surface area contributed by atoms with E-state index in [4.69, 9.17) is 0 Å². The number of rotatable bonds is 8. The maximum atomic E-state index is 12.7. The van der Waals surface area contributed by atoms with E-state index in [1.54, 1.807) is 6.07 Å². The minimum Gasteiger partial charge on any atom is -0.480 e. The molecule has 0 aliphatic rings. The molecule has 0 fully saturated rings. The Morgan fingerprint density at radius 3 is 2.28 bits per heavy atom. The summed E-state index contributed by atoms with van der Waals surface area (Å²) in [5.74, 6) is -2.78. The first kappa shape index (κ1) is 22.4. The van der Waals surface area contributed by atoms with Crippen molar-refractivity contribution in [2.75, 3.05) is 5.75 Å². The lowest BCUT2D eigenvalue weighted by Crippen LogP contribution is -2.42. The molecular weight excluding hydrogens is 411 g/mol. The Morgan fingerprint density at radius 1 is 1.03 bits per heavy atom. The van der Waals surface area contributed by atoms with Crippen LogP contribution in [0.1, 0.15) is 17.5 Å². The molecule has 0 saturated carbocycles. The maximum Gasteiger partial charge on any atom is 0.416 e. The molecule has 2 aromatic rings. The summed E-state index contributed by atoms with van der Waals surface area (Å²) in [7, 11) is -3.75. The Balaban J connectivity index is 2.02. The van der Waals surface area contributed by atoms with Crippen LogP contribution in [0.2, 0.25) is 0 Å². The minimum absolute atomic E-state index is 0.0273. The standard InChI is InChI=1S/C19H18F3NO5S/c20-19(21,22)14-6-4-5-13(11-14)12-17(24)23-16(18(25)26)9-10-29(27,28)15-7-2-1-3-8-15/h1-8,11,16H,9-10,12H2,(H,23,24)(H,25,26)/t16-/m1/s1. The van der Waals surface area contributed by atoms with Crippen LogP contribution in [-0.2, 0) is 32.0 Å². The summed E-state index contributed by atoms with van der Waals surface area (Å²) in [4.78, 5) is 23.5. The Labute approximate surface area is 165 Å². The fourth-order valence-electron chi connectivity index (χ4n) is 2.56. The number of amides is 1. The smallest absolute Gasteiger partial charge is 0.416 e. The third-order valence-corrected chi connectivity index (χ3v) is 5.79. The number of aliphatic carboxylic acids is 1. The molecular formula is C19H18F3NO5S. The largest absolute Gasteiger partial charge is 0.480 e. The number of carboxylic acids is 1. The highest BCUT2D eigenvalue weighted by Gasteiger charge is 2.30. The van der Waals surface area contributed by atoms with Gasteiger partial charge in [0.1, 0.15) is 6.04 Å². The molecule has 1 amide bonds. The number of carboxylic acid groups (broad SMARTS) is 1. The zero-order chi connectivity index (χ0) is 21.7. The van der Waals surface area contributed by atoms with Crippen molar-refractivity contribution in [3.8, 4) is 0 Å². The molecule has 6 nitrogen and oxygen atoms in total. The molecule has 0 bridgehead atoms. The van der Waals surface area contributed by atoms with E-state index in [9.17, 15) is 36.3 Å². The molecule has 2 rings (SSSR count). The predicted octanol–water partition coefficient (Wildman–Crippen LogP) is 2.68. The van der Waals surface area contributed by atoms with Crippen LogP contribution in [-0.4, -0.2) is 37.2 Å². The molecule has 2 aromatic carbocycles. The number of hydrogen-bond donors (Lipinski definition) is 2. The van der Waals surface area contributed by atoms with Gasteiger partial charge in [-0.25, -0.2) is 13.2 Å². The summed E-state index contributed by atoms with van der Waals surface area (Å²) in [5.41, 5.74) is -0.870. The molecule has 0 aromatic heterocycles. The molecule has 156 valence electrons. The average molecular weight is 429 g/mol. The fourth-order valence-corrected chi connectivity index (χ4v) is 3.92. The van der Waals surface area contributed by atoms with Crippen LogP contribution in [0, 0.1) is 0 Å². The highest BCUT2D eigenvalue weighted by atomic mass is 32.2. The topological polar surface area (TPSA) is 101 Å². The van der Waals surface area contributed by atoms with Crippen LogP contribution < -0.4 is 5.32 Å². The number of benzene rings is 2. The van der Waals surface area contributed by atoms with E-state index in [2.05, 4.69) is 5.32 Å². The monoisotopic (exact) mass is 429 g/mol. The molecule has 0 heterocycles. The van der Waals surface area contributed by atoms with Crippen molar-refractivity contribution in [2.24, 2.45) is 0 Å². The molecule has 0 unspecified atom stereocenters. The van der Waals surface area contributed by atoms with Crippen molar-refractivity contribution in [2.45, 2.75) is 30.0 Å². The summed E-state index contributed by atoms with van der Waals surface area (Å²) >= 11 is 0. The Morgan fingerprint density at radius 2 is 1.69 bits per heavy atom. The second-order valence-corrected chi connectivity index (χ2v) is 8.36. The van der Waals surface area contributed by atoms with Crippen LogP contribution in [0.5, 0.6) is 0 Å². The van der Waals surface area contributed by atoms with Gasteiger partial charge in [-0.2, -0.15) is 13.2 Å². The van der Waals surface area contributed by atoms with Crippen LogP contribution in [0.3, 0.4) is 0 Å². The molecule has 0 aliphatic heterocycles. The maximum absolute atomic E-state index is 12.7. The van der Waals surface area contributed by atoms with Crippen molar-refractivity contribution >= 4 is 21.7 Å². The third kappa shape index (κ3) is 6.60. The van der Waals surface area contributed by atoms with E-state index >= 15 is 0 Å². The SMILES string of the molecule is O=C(Cc1cccc(C(F)(F)F)c1)N[C@H](CCS(=O)(=O)c1ccccc1)C(=O)O. The third-order valence-electron chi connectivity index (χ3n) is 4.03. The second kappa shape index (κ2) is 9.08. The molecule has 2 N–H and O–H groups in total. The van der Waals surface area contributed by atoms with Gasteiger partial charge in [0.05, 0.1) is 22.6 Å². The van der Waals surface area contributed by atoms with Gasteiger partial charge >= 0.3 is 12.1 Å². The fraction of sp³-hybridized carbons (Fsp3) is 0.263. The first-order chi connectivity index (χ1) is 13.5. The first-order valence-electron chi connectivity index (χ1n) is 8.45. The number of alkyl halides is 3. The van der Waals surface area contributed by atoms with Crippen LogP contribution >= 0.6 is 0 Å². The molecule has 0 radical (unpaired) electrons. The van der Waals surface area contributed by atoms with Crippen LogP contribution in [0.15, 0.2) is 59.5 Å². The van der Waals surface area contributed by atoms with Crippen LogP contribution in [0.4, 0.5) is 13.2 Å². The van der Waals surface area contributed by atoms with Crippen molar-refractivity contribution in [3.63, 3.8) is 0 Å². The summed E-state index contributed by atoms with van der Waals surface area (Å²) in [6.07, 6.45) is -5.43. The van der Waals surface area contributed by atoms with Gasteiger partial charge in [-0.15, -0.1) is 0 Å². The number of carbonyl (C=O) groups is 2. The number of nitrogens with one attached hydrogen (secondary N) is 1. The summed E-state index contributed by atoms with van der Waals surface area (Å²) in [6.45, 7) is 0. The van der Waals surface area contributed by atoms with Crippen molar-refractivity contribution in [1.29, 1.82) is 0 Å². The Hall–Kier alpha value is -2.88. The minimum atomic E-state index is -4.57. The van der Waals surface area contributed by atoms with Gasteiger partial charge in [0.2, 0.25) is 5.91 Å². The zero-order valence-corrected chi connectivity index (χ0v) is 15.8. The lowest BCUT2D eigenvalue weighted by molar-refractivity contribution is -0.141. The lowest BCUT2D eigenvalue weighted by Gasteiger charge is -2.15. The van der Waals surface area contributed by atoms with E-state index in [-0.39, 0.29) is 16.9 Å². The van der Waals surface area contributed by atoms with E-state index in [1.807, 2.05) is 0 Å². The second-order valence-electron chi connectivity index (χ2n) is 6.25. The number of carbonyl (C=O) groups excluding carboxylic acids is 1. The first-order valence-corrected chi connectivity index (χ1v) is 10.1. The summed E-state index contributed by atoms with van der Waals surface area (Å²) in [5, 5.41) is 11.4. The van der Waals surface area contributed by atoms with Gasteiger partial charge in [-0.3, -0.25) is 4.79 Å². The number of sulfone groups is 1. The zero-order valence-electron chi connectivity index (χ0n) is 15.0. The summed E-state index contributed by atoms with van der Waals surface area (Å²) < 4.78 is 62.7. The van der Waals surface area contributed by atoms with Gasteiger partial charge in [0, 0.05) is 0 Å².